The number of thiocarbonyl (C=S) groups is 1. The number of halogens is 2. The highest BCUT2D eigenvalue weighted by molar-refractivity contribution is 8.27. The maximum absolute atomic E-state index is 13.9. The van der Waals surface area contributed by atoms with Crippen molar-refractivity contribution in [3.05, 3.63) is 68.8 Å². The van der Waals surface area contributed by atoms with Crippen molar-refractivity contribution in [2.24, 2.45) is 0 Å². The van der Waals surface area contributed by atoms with Gasteiger partial charge in [0.05, 0.1) is 15.6 Å². The summed E-state index contributed by atoms with van der Waals surface area (Å²) in [6.07, 6.45) is 1.46. The van der Waals surface area contributed by atoms with Crippen LogP contribution in [0.1, 0.15) is 16.7 Å². The highest BCUT2D eigenvalue weighted by atomic mass is 35.5. The van der Waals surface area contributed by atoms with Crippen LogP contribution in [0, 0.1) is 19.7 Å². The average molecular weight is 378 g/mol. The molecular weight excluding hydrogens is 365 g/mol. The molecule has 1 saturated heterocycles. The molecule has 24 heavy (non-hydrogen) atoms. The minimum Gasteiger partial charge on any atom is -0.268 e. The van der Waals surface area contributed by atoms with Crippen LogP contribution in [0.4, 0.5) is 10.1 Å². The lowest BCUT2D eigenvalue weighted by Crippen LogP contribution is -2.27. The van der Waals surface area contributed by atoms with E-state index in [-0.39, 0.29) is 16.5 Å². The smallest absolute Gasteiger partial charge is 0.268 e. The molecule has 3 rings (SSSR count). The summed E-state index contributed by atoms with van der Waals surface area (Å²) in [6.45, 7) is 3.98. The Morgan fingerprint density at radius 3 is 2.62 bits per heavy atom. The predicted molar refractivity (Wildman–Crippen MR) is 103 cm³/mol. The molecule has 1 amide bonds. The summed E-state index contributed by atoms with van der Waals surface area (Å²) in [5.41, 5.74) is 3.11. The van der Waals surface area contributed by atoms with E-state index in [4.69, 9.17) is 23.8 Å². The van der Waals surface area contributed by atoms with E-state index in [0.29, 0.717) is 14.9 Å². The molecule has 0 aromatic heterocycles. The first-order valence-corrected chi connectivity index (χ1v) is 8.78. The van der Waals surface area contributed by atoms with E-state index >= 15 is 0 Å². The van der Waals surface area contributed by atoms with E-state index in [1.54, 1.807) is 6.07 Å². The quantitative estimate of drug-likeness (QED) is 0.509. The lowest BCUT2D eigenvalue weighted by atomic mass is 10.1. The molecule has 0 unspecified atom stereocenters. The Morgan fingerprint density at radius 1 is 1.21 bits per heavy atom. The molecular formula is C18H13ClFNOS2. The first-order valence-electron chi connectivity index (χ1n) is 7.17. The molecule has 0 atom stereocenters. The molecule has 0 N–H and O–H groups in total. The van der Waals surface area contributed by atoms with Crippen LogP contribution in [-0.2, 0) is 4.79 Å². The molecule has 0 radical (unpaired) electrons. The summed E-state index contributed by atoms with van der Waals surface area (Å²) in [6, 6.07) is 10.1. The summed E-state index contributed by atoms with van der Waals surface area (Å²) >= 11 is 12.5. The fourth-order valence-corrected chi connectivity index (χ4v) is 3.83. The Hall–Kier alpha value is -1.69. The van der Waals surface area contributed by atoms with E-state index in [9.17, 15) is 9.18 Å². The first-order chi connectivity index (χ1) is 11.4. The number of anilines is 1. The Morgan fingerprint density at radius 2 is 1.96 bits per heavy atom. The molecule has 1 fully saturated rings. The van der Waals surface area contributed by atoms with Gasteiger partial charge in [0.15, 0.2) is 4.32 Å². The normalized spacial score (nSPS) is 16.3. The minimum absolute atomic E-state index is 0.194. The average Bonchev–Trinajstić information content (AvgIpc) is 2.80. The number of carbonyl (C=O) groups excluding carboxylic acids is 1. The van der Waals surface area contributed by atoms with Gasteiger partial charge in [-0.25, -0.2) is 4.39 Å². The molecule has 0 aliphatic carbocycles. The Kier molecular flexibility index (Phi) is 4.76. The van der Waals surface area contributed by atoms with Crippen LogP contribution in [0.2, 0.25) is 5.02 Å². The van der Waals surface area contributed by atoms with Gasteiger partial charge in [-0.15, -0.1) is 0 Å². The Balaban J connectivity index is 2.00. The number of rotatable bonds is 2. The van der Waals surface area contributed by atoms with Gasteiger partial charge in [0.25, 0.3) is 5.91 Å². The van der Waals surface area contributed by atoms with Crippen molar-refractivity contribution in [1.29, 1.82) is 0 Å². The molecule has 1 heterocycles. The van der Waals surface area contributed by atoms with Gasteiger partial charge in [-0.1, -0.05) is 47.7 Å². The summed E-state index contributed by atoms with van der Waals surface area (Å²) < 4.78 is 14.4. The molecule has 0 spiro atoms. The zero-order chi connectivity index (χ0) is 17.4. The van der Waals surface area contributed by atoms with E-state index in [2.05, 4.69) is 0 Å². The number of amides is 1. The maximum Gasteiger partial charge on any atom is 0.270 e. The SMILES string of the molecule is Cc1ccc(N2C(=O)C(=Cc3c(F)cccc3Cl)SC2=S)cc1C. The van der Waals surface area contributed by atoms with Gasteiger partial charge < -0.3 is 0 Å². The van der Waals surface area contributed by atoms with Crippen molar-refractivity contribution in [2.75, 3.05) is 4.90 Å². The monoisotopic (exact) mass is 377 g/mol. The predicted octanol–water partition coefficient (Wildman–Crippen LogP) is 5.50. The summed E-state index contributed by atoms with van der Waals surface area (Å²) in [5, 5.41) is 0.256. The molecule has 6 heteroatoms. The van der Waals surface area contributed by atoms with Gasteiger partial charge in [0.2, 0.25) is 0 Å². The second-order valence-electron chi connectivity index (χ2n) is 5.42. The van der Waals surface area contributed by atoms with Crippen molar-refractivity contribution in [3.8, 4) is 0 Å². The third-order valence-electron chi connectivity index (χ3n) is 3.82. The van der Waals surface area contributed by atoms with Crippen molar-refractivity contribution in [2.45, 2.75) is 13.8 Å². The van der Waals surface area contributed by atoms with E-state index < -0.39 is 5.82 Å². The van der Waals surface area contributed by atoms with Crippen molar-refractivity contribution in [3.63, 3.8) is 0 Å². The number of aryl methyl sites for hydroxylation is 2. The van der Waals surface area contributed by atoms with Crippen molar-refractivity contribution < 1.29 is 9.18 Å². The standard InChI is InChI=1S/C18H13ClFNOS2/c1-10-6-7-12(8-11(10)2)21-17(22)16(24-18(21)23)9-13-14(19)4-3-5-15(13)20/h3-9H,1-2H3. The highest BCUT2D eigenvalue weighted by Crippen LogP contribution is 2.37. The maximum atomic E-state index is 13.9. The van der Waals surface area contributed by atoms with Gasteiger partial charge in [-0.2, -0.15) is 0 Å². The zero-order valence-corrected chi connectivity index (χ0v) is 15.4. The van der Waals surface area contributed by atoms with Crippen LogP contribution in [0.15, 0.2) is 41.3 Å². The Labute approximate surface area is 154 Å². The van der Waals surface area contributed by atoms with Gasteiger partial charge in [-0.05, 0) is 55.3 Å². The second kappa shape index (κ2) is 6.67. The summed E-state index contributed by atoms with van der Waals surface area (Å²) in [5.74, 6) is -0.744. The van der Waals surface area contributed by atoms with Crippen LogP contribution < -0.4 is 4.90 Å². The van der Waals surface area contributed by atoms with Crippen molar-refractivity contribution >= 4 is 57.6 Å². The molecule has 0 bridgehead atoms. The van der Waals surface area contributed by atoms with E-state index in [0.717, 1.165) is 22.9 Å². The van der Waals surface area contributed by atoms with Crippen LogP contribution >= 0.6 is 35.6 Å². The number of hydrogen-bond donors (Lipinski definition) is 0. The molecule has 0 saturated carbocycles. The molecule has 122 valence electrons. The fraction of sp³-hybridized carbons (Fsp3) is 0.111. The Bertz CT molecular complexity index is 874. The number of thioether (sulfide) groups is 1. The third-order valence-corrected chi connectivity index (χ3v) is 5.45. The second-order valence-corrected chi connectivity index (χ2v) is 7.50. The lowest BCUT2D eigenvalue weighted by Gasteiger charge is -2.15. The van der Waals surface area contributed by atoms with Crippen LogP contribution in [0.5, 0.6) is 0 Å². The molecule has 1 aliphatic rings. The zero-order valence-electron chi connectivity index (χ0n) is 13.0. The first kappa shape index (κ1) is 17.1. The fourth-order valence-electron chi connectivity index (χ4n) is 2.33. The molecule has 2 aromatic carbocycles. The van der Waals surface area contributed by atoms with Gasteiger partial charge >= 0.3 is 0 Å². The molecule has 2 aromatic rings. The van der Waals surface area contributed by atoms with Gasteiger partial charge in [-0.3, -0.25) is 9.69 Å². The number of hydrogen-bond acceptors (Lipinski definition) is 3. The molecule has 2 nitrogen and oxygen atoms in total. The van der Waals surface area contributed by atoms with Crippen LogP contribution in [-0.4, -0.2) is 10.2 Å². The van der Waals surface area contributed by atoms with E-state index in [1.807, 2.05) is 32.0 Å². The van der Waals surface area contributed by atoms with Gasteiger partial charge in [0, 0.05) is 5.56 Å². The third kappa shape index (κ3) is 3.11. The van der Waals surface area contributed by atoms with Crippen LogP contribution in [0.3, 0.4) is 0 Å². The summed E-state index contributed by atoms with van der Waals surface area (Å²) in [4.78, 5) is 14.5. The summed E-state index contributed by atoms with van der Waals surface area (Å²) in [7, 11) is 0. The largest absolute Gasteiger partial charge is 0.270 e. The number of carbonyl (C=O) groups is 1. The topological polar surface area (TPSA) is 20.3 Å². The minimum atomic E-state index is -0.473. The van der Waals surface area contributed by atoms with Crippen LogP contribution in [0.25, 0.3) is 6.08 Å². The van der Waals surface area contributed by atoms with E-state index in [1.165, 1.54) is 23.1 Å². The lowest BCUT2D eigenvalue weighted by molar-refractivity contribution is -0.113. The molecule has 1 aliphatic heterocycles. The van der Waals surface area contributed by atoms with Gasteiger partial charge in [0.1, 0.15) is 5.82 Å². The number of benzene rings is 2. The number of nitrogens with zero attached hydrogens (tertiary/aromatic N) is 1. The van der Waals surface area contributed by atoms with Crippen molar-refractivity contribution in [1.82, 2.24) is 0 Å². The highest BCUT2D eigenvalue weighted by Gasteiger charge is 2.33.